The number of rotatable bonds is 3. The van der Waals surface area contributed by atoms with Crippen molar-refractivity contribution in [2.45, 2.75) is 26.4 Å². The second-order valence-electron chi connectivity index (χ2n) is 4.87. The van der Waals surface area contributed by atoms with Gasteiger partial charge in [-0.05, 0) is 32.9 Å². The predicted molar refractivity (Wildman–Crippen MR) is 69.6 cm³/mol. The molecule has 0 saturated heterocycles. The van der Waals surface area contributed by atoms with Crippen LogP contribution in [0.4, 0.5) is 5.69 Å². The van der Waals surface area contributed by atoms with Crippen molar-refractivity contribution < 1.29 is 19.6 Å². The zero-order valence-electron chi connectivity index (χ0n) is 10.9. The van der Waals surface area contributed by atoms with E-state index in [0.29, 0.717) is 0 Å². The highest BCUT2D eigenvalue weighted by Crippen LogP contribution is 2.24. The number of nitro groups is 1. The highest BCUT2D eigenvalue weighted by molar-refractivity contribution is 5.88. The molecule has 0 amide bonds. The first-order valence-electron chi connectivity index (χ1n) is 5.57. The summed E-state index contributed by atoms with van der Waals surface area (Å²) in [4.78, 5) is 21.5. The first-order valence-corrected chi connectivity index (χ1v) is 5.57. The number of hydrogen-bond donors (Lipinski definition) is 1. The summed E-state index contributed by atoms with van der Waals surface area (Å²) in [5.74, 6) is -0.733. The number of carbonyl (C=O) groups excluding carboxylic acids is 1. The molecule has 0 heterocycles. The molecule has 0 bridgehead atoms. The number of benzene rings is 1. The van der Waals surface area contributed by atoms with Crippen LogP contribution in [-0.4, -0.2) is 21.6 Å². The van der Waals surface area contributed by atoms with E-state index in [2.05, 4.69) is 0 Å². The lowest BCUT2D eigenvalue weighted by molar-refractivity contribution is -0.384. The van der Waals surface area contributed by atoms with Crippen molar-refractivity contribution in [2.24, 2.45) is 0 Å². The third-order valence-corrected chi connectivity index (χ3v) is 2.03. The molecule has 0 radical (unpaired) electrons. The lowest BCUT2D eigenvalue weighted by atomic mass is 10.1. The Hall–Kier alpha value is -2.37. The first kappa shape index (κ1) is 14.7. The van der Waals surface area contributed by atoms with E-state index in [0.717, 1.165) is 6.08 Å². The van der Waals surface area contributed by atoms with Crippen molar-refractivity contribution in [3.05, 3.63) is 40.0 Å². The maximum Gasteiger partial charge on any atom is 0.331 e. The third-order valence-electron chi connectivity index (χ3n) is 2.03. The summed E-state index contributed by atoms with van der Waals surface area (Å²) in [6.07, 6.45) is 2.39. The van der Waals surface area contributed by atoms with E-state index in [1.54, 1.807) is 20.8 Å². The van der Waals surface area contributed by atoms with Gasteiger partial charge in [-0.2, -0.15) is 0 Å². The number of phenols is 1. The van der Waals surface area contributed by atoms with Crippen LogP contribution in [0.5, 0.6) is 5.75 Å². The Bertz CT molecular complexity index is 528. The highest BCUT2D eigenvalue weighted by atomic mass is 16.6. The Labute approximate surface area is 110 Å². The van der Waals surface area contributed by atoms with Crippen LogP contribution in [0.3, 0.4) is 0 Å². The summed E-state index contributed by atoms with van der Waals surface area (Å²) in [7, 11) is 0. The highest BCUT2D eigenvalue weighted by Gasteiger charge is 2.14. The predicted octanol–water partition coefficient (Wildman–Crippen LogP) is 2.66. The average molecular weight is 265 g/mol. The van der Waals surface area contributed by atoms with E-state index < -0.39 is 16.5 Å². The maximum absolute atomic E-state index is 11.4. The average Bonchev–Trinajstić information content (AvgIpc) is 2.25. The molecule has 0 aliphatic heterocycles. The first-order chi connectivity index (χ1) is 8.69. The van der Waals surface area contributed by atoms with Gasteiger partial charge in [-0.15, -0.1) is 0 Å². The summed E-state index contributed by atoms with van der Waals surface area (Å²) in [6.45, 7) is 5.18. The van der Waals surface area contributed by atoms with Crippen LogP contribution in [0, 0.1) is 10.1 Å². The monoisotopic (exact) mass is 265 g/mol. The molecule has 6 nitrogen and oxygen atoms in total. The lowest BCUT2D eigenvalue weighted by Crippen LogP contribution is -2.22. The van der Waals surface area contributed by atoms with Crippen LogP contribution in [0.2, 0.25) is 0 Å². The van der Waals surface area contributed by atoms with Crippen molar-refractivity contribution >= 4 is 17.7 Å². The molecule has 0 aliphatic carbocycles. The molecule has 19 heavy (non-hydrogen) atoms. The minimum absolute atomic E-state index is 0.148. The number of non-ortho nitro benzene ring substituents is 1. The molecule has 0 atom stereocenters. The summed E-state index contributed by atoms with van der Waals surface area (Å²) in [5, 5.41) is 20.1. The zero-order valence-corrected chi connectivity index (χ0v) is 10.9. The number of esters is 1. The number of aromatic hydroxyl groups is 1. The number of nitrogens with zero attached hydrogens (tertiary/aromatic N) is 1. The van der Waals surface area contributed by atoms with Crippen LogP contribution in [0.25, 0.3) is 6.08 Å². The number of phenolic OH excluding ortho intramolecular Hbond substituents is 1. The minimum Gasteiger partial charge on any atom is -0.507 e. The smallest absolute Gasteiger partial charge is 0.331 e. The Morgan fingerprint density at radius 1 is 1.42 bits per heavy atom. The van der Waals surface area contributed by atoms with Gasteiger partial charge in [0.2, 0.25) is 0 Å². The molecule has 0 spiro atoms. The van der Waals surface area contributed by atoms with Crippen molar-refractivity contribution in [1.82, 2.24) is 0 Å². The SMILES string of the molecule is CC(C)(C)OC(=O)/C=C/c1cc([N+](=O)[O-])ccc1O. The topological polar surface area (TPSA) is 89.7 Å². The van der Waals surface area contributed by atoms with Gasteiger partial charge in [0, 0.05) is 23.8 Å². The number of hydrogen-bond acceptors (Lipinski definition) is 5. The van der Waals surface area contributed by atoms with Crippen LogP contribution < -0.4 is 0 Å². The molecule has 1 N–H and O–H groups in total. The molecular weight excluding hydrogens is 250 g/mol. The fourth-order valence-corrected chi connectivity index (χ4v) is 1.28. The van der Waals surface area contributed by atoms with Gasteiger partial charge in [0.15, 0.2) is 0 Å². The Balaban J connectivity index is 2.90. The van der Waals surface area contributed by atoms with Gasteiger partial charge >= 0.3 is 5.97 Å². The Morgan fingerprint density at radius 2 is 2.05 bits per heavy atom. The zero-order chi connectivity index (χ0) is 14.6. The van der Waals surface area contributed by atoms with Gasteiger partial charge in [-0.1, -0.05) is 0 Å². The summed E-state index contributed by atoms with van der Waals surface area (Å²) < 4.78 is 5.04. The van der Waals surface area contributed by atoms with Crippen LogP contribution in [-0.2, 0) is 9.53 Å². The molecule has 102 valence electrons. The van der Waals surface area contributed by atoms with Gasteiger partial charge in [-0.3, -0.25) is 10.1 Å². The van der Waals surface area contributed by atoms with Crippen molar-refractivity contribution in [3.63, 3.8) is 0 Å². The molecule has 0 fully saturated rings. The molecular formula is C13H15NO5. The third kappa shape index (κ3) is 4.79. The molecule has 0 aliphatic rings. The van der Waals surface area contributed by atoms with Crippen molar-refractivity contribution in [2.75, 3.05) is 0 Å². The fraction of sp³-hybridized carbons (Fsp3) is 0.308. The van der Waals surface area contributed by atoms with Gasteiger partial charge in [0.1, 0.15) is 11.4 Å². The Morgan fingerprint density at radius 3 is 2.58 bits per heavy atom. The van der Waals surface area contributed by atoms with Crippen LogP contribution in [0.15, 0.2) is 24.3 Å². The van der Waals surface area contributed by atoms with E-state index >= 15 is 0 Å². The quantitative estimate of drug-likeness (QED) is 0.392. The second kappa shape index (κ2) is 5.51. The molecule has 0 aromatic heterocycles. The fourth-order valence-electron chi connectivity index (χ4n) is 1.28. The van der Waals surface area contributed by atoms with Gasteiger partial charge in [0.05, 0.1) is 4.92 Å². The number of carbonyl (C=O) groups is 1. The maximum atomic E-state index is 11.4. The molecule has 1 aromatic rings. The number of nitro benzene ring substituents is 1. The van der Waals surface area contributed by atoms with Crippen LogP contribution in [0.1, 0.15) is 26.3 Å². The van der Waals surface area contributed by atoms with Gasteiger partial charge < -0.3 is 9.84 Å². The molecule has 0 unspecified atom stereocenters. The van der Waals surface area contributed by atoms with E-state index in [-0.39, 0.29) is 17.0 Å². The van der Waals surface area contributed by atoms with Crippen molar-refractivity contribution in [1.29, 1.82) is 0 Å². The lowest BCUT2D eigenvalue weighted by Gasteiger charge is -2.17. The summed E-state index contributed by atoms with van der Waals surface area (Å²) in [5.41, 5.74) is -0.603. The minimum atomic E-state index is -0.619. The Kier molecular flexibility index (Phi) is 4.26. The van der Waals surface area contributed by atoms with E-state index in [1.165, 1.54) is 24.3 Å². The standard InChI is InChI=1S/C13H15NO5/c1-13(2,3)19-12(16)7-4-9-8-10(14(17)18)5-6-11(9)15/h4-8,15H,1-3H3/b7-4+. The van der Waals surface area contributed by atoms with Gasteiger partial charge in [-0.25, -0.2) is 4.79 Å². The molecule has 6 heteroatoms. The van der Waals surface area contributed by atoms with Crippen LogP contribution >= 0.6 is 0 Å². The van der Waals surface area contributed by atoms with Crippen molar-refractivity contribution in [3.8, 4) is 5.75 Å². The second-order valence-corrected chi connectivity index (χ2v) is 4.87. The normalized spacial score (nSPS) is 11.5. The molecule has 0 saturated carbocycles. The molecule has 1 rings (SSSR count). The van der Waals surface area contributed by atoms with E-state index in [9.17, 15) is 20.0 Å². The van der Waals surface area contributed by atoms with E-state index in [4.69, 9.17) is 4.74 Å². The number of ether oxygens (including phenoxy) is 1. The van der Waals surface area contributed by atoms with Gasteiger partial charge in [0.25, 0.3) is 5.69 Å². The molecule has 1 aromatic carbocycles. The summed E-state index contributed by atoms with van der Waals surface area (Å²) in [6, 6.07) is 3.56. The summed E-state index contributed by atoms with van der Waals surface area (Å²) >= 11 is 0. The largest absolute Gasteiger partial charge is 0.507 e. The van der Waals surface area contributed by atoms with E-state index in [1.807, 2.05) is 0 Å².